The van der Waals surface area contributed by atoms with Crippen molar-refractivity contribution in [2.45, 2.75) is 19.8 Å². The van der Waals surface area contributed by atoms with Crippen LogP contribution in [-0.2, 0) is 0 Å². The molecule has 4 rings (SSSR count). The van der Waals surface area contributed by atoms with Gasteiger partial charge in [-0.05, 0) is 49.3 Å². The third kappa shape index (κ3) is 1.56. The molecule has 1 fully saturated rings. The van der Waals surface area contributed by atoms with Crippen molar-refractivity contribution in [1.82, 2.24) is 4.98 Å². The highest BCUT2D eigenvalue weighted by atomic mass is 16.5. The number of anilines is 1. The standard InChI is InChI=1S/C17H18N2O/c1-11-6-14(16(18)19-10-11)20-15-8-12-7-13-4-2-3-5-17(13,15)9-12/h2-6,8,10,12-13H,7,9H2,1H3,(H2,18,19). The first-order chi connectivity index (χ1) is 9.67. The van der Waals surface area contributed by atoms with Gasteiger partial charge in [0, 0.05) is 6.20 Å². The second-order valence-electron chi connectivity index (χ2n) is 6.12. The minimum Gasteiger partial charge on any atom is -0.457 e. The lowest BCUT2D eigenvalue weighted by Gasteiger charge is -2.34. The van der Waals surface area contributed by atoms with E-state index < -0.39 is 0 Å². The van der Waals surface area contributed by atoms with Crippen LogP contribution in [0.1, 0.15) is 18.4 Å². The van der Waals surface area contributed by atoms with Gasteiger partial charge >= 0.3 is 0 Å². The number of aromatic nitrogens is 1. The van der Waals surface area contributed by atoms with Crippen molar-refractivity contribution in [1.29, 1.82) is 0 Å². The summed E-state index contributed by atoms with van der Waals surface area (Å²) in [7, 11) is 0. The molecular weight excluding hydrogens is 248 g/mol. The van der Waals surface area contributed by atoms with E-state index in [9.17, 15) is 0 Å². The second-order valence-corrected chi connectivity index (χ2v) is 6.12. The molecule has 1 heterocycles. The zero-order valence-electron chi connectivity index (χ0n) is 11.5. The number of hydrogen-bond acceptors (Lipinski definition) is 3. The molecule has 0 aliphatic heterocycles. The molecule has 3 unspecified atom stereocenters. The summed E-state index contributed by atoms with van der Waals surface area (Å²) in [4.78, 5) is 4.18. The van der Waals surface area contributed by atoms with Crippen LogP contribution in [0.4, 0.5) is 5.82 Å². The van der Waals surface area contributed by atoms with Gasteiger partial charge in [0.25, 0.3) is 0 Å². The molecule has 3 aliphatic rings. The average molecular weight is 266 g/mol. The molecule has 0 amide bonds. The molecule has 1 saturated carbocycles. The molecular formula is C17H18N2O. The Morgan fingerprint density at radius 3 is 3.20 bits per heavy atom. The summed E-state index contributed by atoms with van der Waals surface area (Å²) in [6.45, 7) is 2.00. The molecule has 1 aromatic rings. The zero-order valence-corrected chi connectivity index (χ0v) is 11.5. The van der Waals surface area contributed by atoms with Crippen LogP contribution in [0, 0.1) is 24.2 Å². The summed E-state index contributed by atoms with van der Waals surface area (Å²) >= 11 is 0. The third-order valence-electron chi connectivity index (χ3n) is 4.75. The fraction of sp³-hybridized carbons (Fsp3) is 0.353. The van der Waals surface area contributed by atoms with Gasteiger partial charge in [-0.25, -0.2) is 4.98 Å². The Bertz CT molecular complexity index is 659. The Kier molecular flexibility index (Phi) is 2.34. The van der Waals surface area contributed by atoms with Crippen LogP contribution in [0.2, 0.25) is 0 Å². The maximum atomic E-state index is 6.17. The van der Waals surface area contributed by atoms with E-state index in [-0.39, 0.29) is 5.41 Å². The lowest BCUT2D eigenvalue weighted by atomic mass is 9.74. The lowest BCUT2D eigenvalue weighted by Crippen LogP contribution is -2.28. The molecule has 1 aromatic heterocycles. The van der Waals surface area contributed by atoms with Crippen LogP contribution < -0.4 is 10.5 Å². The molecule has 0 radical (unpaired) electrons. The first-order valence-corrected chi connectivity index (χ1v) is 7.16. The summed E-state index contributed by atoms with van der Waals surface area (Å²) in [6, 6.07) is 1.96. The second kappa shape index (κ2) is 3.98. The topological polar surface area (TPSA) is 48.1 Å². The van der Waals surface area contributed by atoms with Crippen LogP contribution in [0.25, 0.3) is 0 Å². The van der Waals surface area contributed by atoms with Crippen molar-refractivity contribution in [2.75, 3.05) is 5.73 Å². The van der Waals surface area contributed by atoms with E-state index in [2.05, 4.69) is 35.4 Å². The molecule has 1 spiro atoms. The van der Waals surface area contributed by atoms with Gasteiger partial charge in [0.2, 0.25) is 0 Å². The number of aryl methyl sites for hydroxylation is 1. The highest BCUT2D eigenvalue weighted by Gasteiger charge is 2.53. The fourth-order valence-corrected chi connectivity index (χ4v) is 3.82. The molecule has 3 nitrogen and oxygen atoms in total. The predicted molar refractivity (Wildman–Crippen MR) is 79.0 cm³/mol. The maximum Gasteiger partial charge on any atom is 0.169 e. The largest absolute Gasteiger partial charge is 0.457 e. The van der Waals surface area contributed by atoms with Crippen molar-refractivity contribution in [2.24, 2.45) is 17.3 Å². The van der Waals surface area contributed by atoms with Crippen molar-refractivity contribution < 1.29 is 4.74 Å². The molecule has 3 atom stereocenters. The summed E-state index contributed by atoms with van der Waals surface area (Å²) in [5.41, 5.74) is 7.05. The first kappa shape index (κ1) is 11.8. The number of allylic oxidation sites excluding steroid dienone is 5. The molecule has 0 saturated heterocycles. The molecule has 2 bridgehead atoms. The van der Waals surface area contributed by atoms with Gasteiger partial charge in [-0.1, -0.05) is 24.3 Å². The van der Waals surface area contributed by atoms with E-state index in [0.29, 0.717) is 23.4 Å². The van der Waals surface area contributed by atoms with Gasteiger partial charge < -0.3 is 10.5 Å². The number of hydrogen-bond donors (Lipinski definition) is 1. The first-order valence-electron chi connectivity index (χ1n) is 7.16. The lowest BCUT2D eigenvalue weighted by molar-refractivity contribution is 0.258. The van der Waals surface area contributed by atoms with Crippen molar-refractivity contribution in [3.8, 4) is 5.75 Å². The number of nitrogen functional groups attached to an aromatic ring is 1. The summed E-state index contributed by atoms with van der Waals surface area (Å²) < 4.78 is 6.17. The molecule has 102 valence electrons. The number of fused-ring (bicyclic) bond motifs is 1. The number of pyridine rings is 1. The van der Waals surface area contributed by atoms with Crippen LogP contribution in [0.5, 0.6) is 5.75 Å². The Morgan fingerprint density at radius 1 is 1.40 bits per heavy atom. The van der Waals surface area contributed by atoms with Gasteiger partial charge in [0.05, 0.1) is 5.41 Å². The number of ether oxygens (including phenoxy) is 1. The van der Waals surface area contributed by atoms with E-state index in [1.54, 1.807) is 6.20 Å². The monoisotopic (exact) mass is 266 g/mol. The van der Waals surface area contributed by atoms with Crippen LogP contribution >= 0.6 is 0 Å². The highest BCUT2D eigenvalue weighted by Crippen LogP contribution is 2.60. The molecule has 3 heteroatoms. The van der Waals surface area contributed by atoms with Crippen LogP contribution in [0.3, 0.4) is 0 Å². The van der Waals surface area contributed by atoms with Crippen molar-refractivity contribution in [3.63, 3.8) is 0 Å². The van der Waals surface area contributed by atoms with E-state index in [1.165, 1.54) is 6.42 Å². The smallest absolute Gasteiger partial charge is 0.169 e. The fourth-order valence-electron chi connectivity index (χ4n) is 3.82. The van der Waals surface area contributed by atoms with Crippen LogP contribution in [0.15, 0.2) is 48.4 Å². The highest BCUT2D eigenvalue weighted by molar-refractivity contribution is 5.49. The van der Waals surface area contributed by atoms with Crippen molar-refractivity contribution in [3.05, 3.63) is 54.0 Å². The van der Waals surface area contributed by atoms with Gasteiger partial charge in [-0.15, -0.1) is 0 Å². The Balaban J connectivity index is 1.70. The van der Waals surface area contributed by atoms with Crippen molar-refractivity contribution >= 4 is 5.82 Å². The Hall–Kier alpha value is -2.03. The number of rotatable bonds is 2. The number of nitrogens with two attached hydrogens (primary N) is 1. The van der Waals surface area contributed by atoms with E-state index >= 15 is 0 Å². The quantitative estimate of drug-likeness (QED) is 0.892. The minimum atomic E-state index is 0.0512. The van der Waals surface area contributed by atoms with Crippen LogP contribution in [-0.4, -0.2) is 4.98 Å². The van der Waals surface area contributed by atoms with Gasteiger partial charge in [0.1, 0.15) is 5.76 Å². The Labute approximate surface area is 118 Å². The van der Waals surface area contributed by atoms with Gasteiger partial charge in [-0.3, -0.25) is 0 Å². The average Bonchev–Trinajstić information content (AvgIpc) is 2.96. The molecule has 0 aromatic carbocycles. The zero-order chi connectivity index (χ0) is 13.7. The summed E-state index contributed by atoms with van der Waals surface area (Å²) in [5, 5.41) is 0. The minimum absolute atomic E-state index is 0.0512. The predicted octanol–water partition coefficient (Wildman–Crippen LogP) is 3.39. The van der Waals surface area contributed by atoms with Gasteiger partial charge in [-0.2, -0.15) is 0 Å². The summed E-state index contributed by atoms with van der Waals surface area (Å²) in [5.74, 6) is 3.39. The normalized spacial score (nSPS) is 33.1. The number of nitrogens with zero attached hydrogens (tertiary/aromatic N) is 1. The summed E-state index contributed by atoms with van der Waals surface area (Å²) in [6.07, 6.45) is 15.3. The van der Waals surface area contributed by atoms with E-state index in [4.69, 9.17) is 10.5 Å². The third-order valence-corrected chi connectivity index (χ3v) is 4.75. The maximum absolute atomic E-state index is 6.17. The Morgan fingerprint density at radius 2 is 2.30 bits per heavy atom. The van der Waals surface area contributed by atoms with Gasteiger partial charge in [0.15, 0.2) is 11.6 Å². The SMILES string of the molecule is Cc1cnc(N)c(OC2=CC3CC4C=CC=CC24C3)c1. The molecule has 2 N–H and O–H groups in total. The molecule has 3 aliphatic carbocycles. The van der Waals surface area contributed by atoms with E-state index in [0.717, 1.165) is 17.7 Å². The van der Waals surface area contributed by atoms with E-state index in [1.807, 2.05) is 13.0 Å². The molecule has 20 heavy (non-hydrogen) atoms.